The Hall–Kier alpha value is -1.59. The number of carbonyl (C=O) groups is 3. The third-order valence-electron chi connectivity index (χ3n) is 1.99. The second-order valence-corrected chi connectivity index (χ2v) is 2.82. The number of rotatable bonds is 1. The molecule has 0 aromatic rings. The summed E-state index contributed by atoms with van der Waals surface area (Å²) in [5.41, 5.74) is 0. The number of hydrogen-bond donors (Lipinski definition) is 2. The lowest BCUT2D eigenvalue weighted by Crippen LogP contribution is -2.44. The molecule has 0 saturated carbocycles. The molecular weight excluding hydrogens is 176 g/mol. The number of carbonyl (C=O) groups excluding carboxylic acids is 2. The van der Waals surface area contributed by atoms with Crippen LogP contribution in [0, 0.1) is 0 Å². The van der Waals surface area contributed by atoms with Gasteiger partial charge >= 0.3 is 11.9 Å². The largest absolute Gasteiger partial charge is 0.474 e. The summed E-state index contributed by atoms with van der Waals surface area (Å²) in [6.45, 7) is 0.487. The predicted molar refractivity (Wildman–Crippen MR) is 41.8 cm³/mol. The first-order valence-corrected chi connectivity index (χ1v) is 3.82. The molecule has 1 rings (SSSR count). The maximum atomic E-state index is 11.0. The van der Waals surface area contributed by atoms with Crippen molar-refractivity contribution >= 4 is 17.8 Å². The number of likely N-dealkylation sites (N-methyl/N-ethyl adjacent to an activating group) is 1. The van der Waals surface area contributed by atoms with Gasteiger partial charge in [0.2, 0.25) is 5.91 Å². The van der Waals surface area contributed by atoms with Crippen LogP contribution in [0.5, 0.6) is 0 Å². The first-order chi connectivity index (χ1) is 6.04. The summed E-state index contributed by atoms with van der Waals surface area (Å²) in [5, 5.41) is 10.9. The standard InChI is InChI=1S/C7H10N2O4/c1-9(6(11)7(12)13)4-2-3-8-5(4)10/h4H,2-3H2,1H3,(H,8,10)(H,12,13). The minimum absolute atomic E-state index is 0.294. The minimum Gasteiger partial charge on any atom is -0.474 e. The summed E-state index contributed by atoms with van der Waals surface area (Å²) in [4.78, 5) is 33.2. The monoisotopic (exact) mass is 186 g/mol. The maximum Gasteiger partial charge on any atom is 0.394 e. The van der Waals surface area contributed by atoms with Crippen molar-refractivity contribution in [3.63, 3.8) is 0 Å². The predicted octanol–water partition coefficient (Wildman–Crippen LogP) is -1.58. The Morgan fingerprint density at radius 1 is 1.62 bits per heavy atom. The highest BCUT2D eigenvalue weighted by Gasteiger charge is 2.33. The molecule has 0 radical (unpaired) electrons. The summed E-state index contributed by atoms with van der Waals surface area (Å²) >= 11 is 0. The molecule has 13 heavy (non-hydrogen) atoms. The molecule has 0 aromatic heterocycles. The van der Waals surface area contributed by atoms with E-state index in [-0.39, 0.29) is 5.91 Å². The smallest absolute Gasteiger partial charge is 0.394 e. The van der Waals surface area contributed by atoms with Crippen LogP contribution < -0.4 is 5.32 Å². The molecule has 1 saturated heterocycles. The highest BCUT2D eigenvalue weighted by molar-refractivity contribution is 6.31. The zero-order chi connectivity index (χ0) is 10.0. The third-order valence-corrected chi connectivity index (χ3v) is 1.99. The molecule has 1 atom stereocenters. The number of carboxylic acids is 1. The normalized spacial score (nSPS) is 21.0. The van der Waals surface area contributed by atoms with Crippen molar-refractivity contribution in [2.24, 2.45) is 0 Å². The highest BCUT2D eigenvalue weighted by atomic mass is 16.4. The van der Waals surface area contributed by atoms with Gasteiger partial charge in [-0.25, -0.2) is 4.79 Å². The van der Waals surface area contributed by atoms with Crippen molar-refractivity contribution in [3.05, 3.63) is 0 Å². The Labute approximate surface area is 74.5 Å². The van der Waals surface area contributed by atoms with Crippen LogP contribution in [0.2, 0.25) is 0 Å². The van der Waals surface area contributed by atoms with Gasteiger partial charge in [0.15, 0.2) is 0 Å². The van der Waals surface area contributed by atoms with Gasteiger partial charge in [0.1, 0.15) is 6.04 Å². The summed E-state index contributed by atoms with van der Waals surface area (Å²) in [7, 11) is 1.31. The van der Waals surface area contributed by atoms with E-state index in [1.165, 1.54) is 7.05 Å². The topological polar surface area (TPSA) is 86.7 Å². The molecular formula is C7H10N2O4. The summed E-state index contributed by atoms with van der Waals surface area (Å²) in [6, 6.07) is -0.636. The molecule has 2 N–H and O–H groups in total. The van der Waals surface area contributed by atoms with Gasteiger partial charge in [-0.15, -0.1) is 0 Å². The fourth-order valence-corrected chi connectivity index (χ4v) is 1.24. The molecule has 6 nitrogen and oxygen atoms in total. The minimum atomic E-state index is -1.54. The average molecular weight is 186 g/mol. The highest BCUT2D eigenvalue weighted by Crippen LogP contribution is 2.07. The molecule has 1 aliphatic heterocycles. The van der Waals surface area contributed by atoms with E-state index in [0.29, 0.717) is 13.0 Å². The van der Waals surface area contributed by atoms with Crippen LogP contribution in [-0.4, -0.2) is 47.4 Å². The molecule has 1 heterocycles. The van der Waals surface area contributed by atoms with Crippen LogP contribution in [-0.2, 0) is 14.4 Å². The van der Waals surface area contributed by atoms with Crippen molar-refractivity contribution in [1.82, 2.24) is 10.2 Å². The van der Waals surface area contributed by atoms with Crippen LogP contribution in [0.3, 0.4) is 0 Å². The molecule has 2 amide bonds. The molecule has 72 valence electrons. The van der Waals surface area contributed by atoms with Gasteiger partial charge in [-0.05, 0) is 6.42 Å². The SMILES string of the molecule is CN(C(=O)C(=O)O)C1CCNC1=O. The van der Waals surface area contributed by atoms with Crippen molar-refractivity contribution in [2.75, 3.05) is 13.6 Å². The molecule has 0 aromatic carbocycles. The van der Waals surface area contributed by atoms with Crippen LogP contribution >= 0.6 is 0 Å². The van der Waals surface area contributed by atoms with Crippen LogP contribution in [0.4, 0.5) is 0 Å². The molecule has 1 unspecified atom stereocenters. The lowest BCUT2D eigenvalue weighted by atomic mass is 10.2. The Kier molecular flexibility index (Phi) is 2.50. The van der Waals surface area contributed by atoms with Crippen LogP contribution in [0.15, 0.2) is 0 Å². The van der Waals surface area contributed by atoms with Crippen LogP contribution in [0.25, 0.3) is 0 Å². The van der Waals surface area contributed by atoms with E-state index in [4.69, 9.17) is 5.11 Å². The van der Waals surface area contributed by atoms with Gasteiger partial charge < -0.3 is 15.3 Å². The van der Waals surface area contributed by atoms with E-state index in [2.05, 4.69) is 5.32 Å². The Morgan fingerprint density at radius 3 is 2.62 bits per heavy atom. The number of nitrogens with one attached hydrogen (secondary N) is 1. The van der Waals surface area contributed by atoms with Gasteiger partial charge in [0.05, 0.1) is 0 Å². The lowest BCUT2D eigenvalue weighted by Gasteiger charge is -2.19. The van der Waals surface area contributed by atoms with E-state index in [1.54, 1.807) is 0 Å². The Balaban J connectivity index is 2.66. The van der Waals surface area contributed by atoms with E-state index < -0.39 is 17.9 Å². The fraction of sp³-hybridized carbons (Fsp3) is 0.571. The second kappa shape index (κ2) is 3.42. The van der Waals surface area contributed by atoms with Gasteiger partial charge in [-0.1, -0.05) is 0 Å². The number of nitrogens with zero attached hydrogens (tertiary/aromatic N) is 1. The third kappa shape index (κ3) is 1.77. The number of hydrogen-bond acceptors (Lipinski definition) is 3. The molecule has 1 fully saturated rings. The summed E-state index contributed by atoms with van der Waals surface area (Å²) in [6.07, 6.45) is 0.467. The number of carboxylic acid groups (broad SMARTS) is 1. The van der Waals surface area contributed by atoms with Gasteiger partial charge in [-0.2, -0.15) is 0 Å². The Morgan fingerprint density at radius 2 is 2.23 bits per heavy atom. The van der Waals surface area contributed by atoms with Gasteiger partial charge in [-0.3, -0.25) is 9.59 Å². The molecule has 0 bridgehead atoms. The molecule has 1 aliphatic rings. The van der Waals surface area contributed by atoms with Gasteiger partial charge in [0, 0.05) is 13.6 Å². The number of aliphatic carboxylic acids is 1. The zero-order valence-corrected chi connectivity index (χ0v) is 7.11. The maximum absolute atomic E-state index is 11.0. The average Bonchev–Trinajstić information content (AvgIpc) is 2.48. The fourth-order valence-electron chi connectivity index (χ4n) is 1.24. The van der Waals surface area contributed by atoms with Crippen molar-refractivity contribution in [2.45, 2.75) is 12.5 Å². The first kappa shape index (κ1) is 9.50. The van der Waals surface area contributed by atoms with E-state index >= 15 is 0 Å². The van der Waals surface area contributed by atoms with Gasteiger partial charge in [0.25, 0.3) is 0 Å². The van der Waals surface area contributed by atoms with E-state index in [1.807, 2.05) is 0 Å². The molecule has 0 aliphatic carbocycles. The van der Waals surface area contributed by atoms with Crippen LogP contribution in [0.1, 0.15) is 6.42 Å². The van der Waals surface area contributed by atoms with E-state index in [0.717, 1.165) is 4.90 Å². The summed E-state index contributed by atoms with van der Waals surface area (Å²) in [5.74, 6) is -2.89. The van der Waals surface area contributed by atoms with Crippen molar-refractivity contribution < 1.29 is 19.5 Å². The Bertz CT molecular complexity index is 263. The quantitative estimate of drug-likeness (QED) is 0.484. The molecule has 0 spiro atoms. The lowest BCUT2D eigenvalue weighted by molar-refractivity contribution is -0.157. The first-order valence-electron chi connectivity index (χ1n) is 3.82. The van der Waals surface area contributed by atoms with Crippen molar-refractivity contribution in [3.8, 4) is 0 Å². The summed E-state index contributed by atoms with van der Waals surface area (Å²) < 4.78 is 0. The van der Waals surface area contributed by atoms with E-state index in [9.17, 15) is 14.4 Å². The molecule has 6 heteroatoms. The second-order valence-electron chi connectivity index (χ2n) is 2.82. The number of amides is 2. The van der Waals surface area contributed by atoms with Crippen molar-refractivity contribution in [1.29, 1.82) is 0 Å². The zero-order valence-electron chi connectivity index (χ0n) is 7.11.